The van der Waals surface area contributed by atoms with E-state index < -0.39 is 38.7 Å². The van der Waals surface area contributed by atoms with Crippen molar-refractivity contribution in [2.24, 2.45) is 0 Å². The predicted molar refractivity (Wildman–Crippen MR) is 64.7 cm³/mol. The summed E-state index contributed by atoms with van der Waals surface area (Å²) in [5.74, 6) is -2.75. The molecule has 0 amide bonds. The van der Waals surface area contributed by atoms with Gasteiger partial charge in [-0.1, -0.05) is 6.07 Å². The molecule has 0 bridgehead atoms. The lowest BCUT2D eigenvalue weighted by molar-refractivity contribution is -0.140. The maximum Gasteiger partial charge on any atom is 0.419 e. The van der Waals surface area contributed by atoms with Gasteiger partial charge in [0.05, 0.1) is 16.9 Å². The van der Waals surface area contributed by atoms with Crippen LogP contribution in [0.4, 0.5) is 17.6 Å². The summed E-state index contributed by atoms with van der Waals surface area (Å²) in [6, 6.07) is 2.44. The van der Waals surface area contributed by atoms with Gasteiger partial charge in [-0.2, -0.15) is 13.2 Å². The highest BCUT2D eigenvalue weighted by atomic mass is 32.2. The van der Waals surface area contributed by atoms with E-state index in [0.29, 0.717) is 6.07 Å². The molecular formula is C12H12F4O3S. The summed E-state index contributed by atoms with van der Waals surface area (Å²) in [6.45, 7) is 0. The fourth-order valence-electron chi connectivity index (χ4n) is 1.60. The van der Waals surface area contributed by atoms with E-state index in [1.807, 2.05) is 0 Å². The van der Waals surface area contributed by atoms with Gasteiger partial charge in [0, 0.05) is 12.7 Å². The van der Waals surface area contributed by atoms with Crippen molar-refractivity contribution in [2.75, 3.05) is 12.0 Å². The van der Waals surface area contributed by atoms with E-state index in [-0.39, 0.29) is 18.6 Å². The monoisotopic (exact) mass is 312 g/mol. The Morgan fingerprint density at radius 1 is 1.25 bits per heavy atom. The van der Waals surface area contributed by atoms with Crippen LogP contribution in [0.3, 0.4) is 0 Å². The molecule has 112 valence electrons. The van der Waals surface area contributed by atoms with Crippen molar-refractivity contribution in [3.05, 3.63) is 35.1 Å². The number of benzene rings is 1. The first-order valence-corrected chi connectivity index (χ1v) is 7.65. The third kappa shape index (κ3) is 4.59. The van der Waals surface area contributed by atoms with Gasteiger partial charge in [-0.25, -0.2) is 12.8 Å². The number of sulfone groups is 1. The number of hydrogen-bond donors (Lipinski definition) is 0. The molecule has 0 aliphatic carbocycles. The molecule has 1 rings (SSSR count). The standard InChI is InChI=1S/C12H12F4O3S/c1-20(18,19)7-3-6-10(17)8-4-2-5-9(11(8)13)12(14,15)16/h2,4-5H,3,6-7H2,1H3. The molecule has 0 heterocycles. The Kier molecular flexibility index (Phi) is 4.90. The molecule has 1 aromatic carbocycles. The second-order valence-electron chi connectivity index (χ2n) is 4.32. The number of Topliss-reactive ketones (excluding diaryl/α,β-unsaturated/α-hetero) is 1. The van der Waals surface area contributed by atoms with Crippen molar-refractivity contribution in [3.8, 4) is 0 Å². The van der Waals surface area contributed by atoms with Gasteiger partial charge in [0.25, 0.3) is 0 Å². The SMILES string of the molecule is CS(=O)(=O)CCCC(=O)c1cccc(C(F)(F)F)c1F. The molecule has 0 saturated heterocycles. The second kappa shape index (κ2) is 5.90. The van der Waals surface area contributed by atoms with E-state index in [2.05, 4.69) is 0 Å². The molecule has 0 saturated carbocycles. The summed E-state index contributed by atoms with van der Waals surface area (Å²) in [5.41, 5.74) is -2.18. The highest BCUT2D eigenvalue weighted by Gasteiger charge is 2.35. The molecule has 20 heavy (non-hydrogen) atoms. The van der Waals surface area contributed by atoms with Crippen LogP contribution >= 0.6 is 0 Å². The summed E-state index contributed by atoms with van der Waals surface area (Å²) in [5, 5.41) is 0. The quantitative estimate of drug-likeness (QED) is 0.620. The Hall–Kier alpha value is -1.44. The lowest BCUT2D eigenvalue weighted by Crippen LogP contribution is -2.13. The molecule has 0 aliphatic rings. The molecule has 0 spiro atoms. The largest absolute Gasteiger partial charge is 0.419 e. The van der Waals surface area contributed by atoms with E-state index in [0.717, 1.165) is 18.4 Å². The first kappa shape index (κ1) is 16.6. The number of carbonyl (C=O) groups excluding carboxylic acids is 1. The molecule has 0 fully saturated rings. The smallest absolute Gasteiger partial charge is 0.294 e. The topological polar surface area (TPSA) is 51.2 Å². The molecule has 0 aromatic heterocycles. The number of rotatable bonds is 5. The normalized spacial score (nSPS) is 12.4. The van der Waals surface area contributed by atoms with E-state index in [1.54, 1.807) is 0 Å². The van der Waals surface area contributed by atoms with Crippen LogP contribution in [0.1, 0.15) is 28.8 Å². The first-order valence-electron chi connectivity index (χ1n) is 5.59. The summed E-state index contributed by atoms with van der Waals surface area (Å²) in [4.78, 5) is 11.6. The third-order valence-electron chi connectivity index (χ3n) is 2.52. The van der Waals surface area contributed by atoms with Gasteiger partial charge in [0.1, 0.15) is 15.7 Å². The molecule has 0 atom stereocenters. The van der Waals surface area contributed by atoms with Crippen LogP contribution in [0.25, 0.3) is 0 Å². The average molecular weight is 312 g/mol. The molecule has 0 unspecified atom stereocenters. The number of hydrogen-bond acceptors (Lipinski definition) is 3. The summed E-state index contributed by atoms with van der Waals surface area (Å²) >= 11 is 0. The average Bonchev–Trinajstić information content (AvgIpc) is 2.25. The van der Waals surface area contributed by atoms with Crippen LogP contribution in [0, 0.1) is 5.82 Å². The lowest BCUT2D eigenvalue weighted by atomic mass is 10.0. The highest BCUT2D eigenvalue weighted by molar-refractivity contribution is 7.90. The number of ketones is 1. The minimum atomic E-state index is -4.88. The zero-order valence-electron chi connectivity index (χ0n) is 10.5. The Bertz CT molecular complexity index is 606. The molecular weight excluding hydrogens is 300 g/mol. The zero-order chi connectivity index (χ0) is 15.6. The first-order chi connectivity index (χ1) is 9.02. The van der Waals surface area contributed by atoms with E-state index >= 15 is 0 Å². The fourth-order valence-corrected chi connectivity index (χ4v) is 2.26. The van der Waals surface area contributed by atoms with Crippen molar-refractivity contribution >= 4 is 15.6 Å². The Labute approximate surface area is 113 Å². The fraction of sp³-hybridized carbons (Fsp3) is 0.417. The van der Waals surface area contributed by atoms with Crippen LogP contribution < -0.4 is 0 Å². The van der Waals surface area contributed by atoms with Gasteiger partial charge in [-0.05, 0) is 18.6 Å². The van der Waals surface area contributed by atoms with Gasteiger partial charge in [-0.3, -0.25) is 4.79 Å². The minimum absolute atomic E-state index is 0.0622. The van der Waals surface area contributed by atoms with Crippen molar-refractivity contribution in [1.82, 2.24) is 0 Å². The van der Waals surface area contributed by atoms with E-state index in [1.165, 1.54) is 0 Å². The van der Waals surface area contributed by atoms with Crippen LogP contribution in [-0.4, -0.2) is 26.2 Å². The second-order valence-corrected chi connectivity index (χ2v) is 6.58. The molecule has 1 aromatic rings. The van der Waals surface area contributed by atoms with Crippen LogP contribution in [0.15, 0.2) is 18.2 Å². The van der Waals surface area contributed by atoms with Crippen molar-refractivity contribution in [2.45, 2.75) is 19.0 Å². The number of halogens is 4. The Morgan fingerprint density at radius 2 is 1.85 bits per heavy atom. The number of alkyl halides is 3. The van der Waals surface area contributed by atoms with Gasteiger partial charge in [0.15, 0.2) is 5.78 Å². The Balaban J connectivity index is 2.90. The predicted octanol–water partition coefficient (Wildman–Crippen LogP) is 2.85. The molecule has 8 heteroatoms. The summed E-state index contributed by atoms with van der Waals surface area (Å²) in [6.07, 6.45) is -4.30. The summed E-state index contributed by atoms with van der Waals surface area (Å²) in [7, 11) is -3.27. The van der Waals surface area contributed by atoms with Crippen molar-refractivity contribution in [1.29, 1.82) is 0 Å². The third-order valence-corrected chi connectivity index (χ3v) is 3.55. The van der Waals surface area contributed by atoms with Gasteiger partial charge in [-0.15, -0.1) is 0 Å². The minimum Gasteiger partial charge on any atom is -0.294 e. The van der Waals surface area contributed by atoms with Crippen LogP contribution in [-0.2, 0) is 16.0 Å². The lowest BCUT2D eigenvalue weighted by Gasteiger charge is -2.10. The summed E-state index contributed by atoms with van der Waals surface area (Å²) < 4.78 is 72.8. The molecule has 3 nitrogen and oxygen atoms in total. The van der Waals surface area contributed by atoms with Crippen LogP contribution in [0.5, 0.6) is 0 Å². The molecule has 0 N–H and O–H groups in total. The highest BCUT2D eigenvalue weighted by Crippen LogP contribution is 2.32. The zero-order valence-corrected chi connectivity index (χ0v) is 11.3. The van der Waals surface area contributed by atoms with Gasteiger partial charge < -0.3 is 0 Å². The Morgan fingerprint density at radius 3 is 2.35 bits per heavy atom. The van der Waals surface area contributed by atoms with E-state index in [4.69, 9.17) is 0 Å². The van der Waals surface area contributed by atoms with Gasteiger partial charge in [0.2, 0.25) is 0 Å². The number of carbonyl (C=O) groups is 1. The molecule has 0 aliphatic heterocycles. The van der Waals surface area contributed by atoms with Crippen LogP contribution in [0.2, 0.25) is 0 Å². The maximum absolute atomic E-state index is 13.6. The van der Waals surface area contributed by atoms with Crippen molar-refractivity contribution < 1.29 is 30.8 Å². The van der Waals surface area contributed by atoms with Crippen molar-refractivity contribution in [3.63, 3.8) is 0 Å². The maximum atomic E-state index is 13.6. The van der Waals surface area contributed by atoms with Gasteiger partial charge >= 0.3 is 6.18 Å². The molecule has 0 radical (unpaired) electrons. The van der Waals surface area contributed by atoms with E-state index in [9.17, 15) is 30.8 Å².